The van der Waals surface area contributed by atoms with E-state index >= 15 is 0 Å². The number of methoxy groups -OCH3 is 1. The van der Waals surface area contributed by atoms with Crippen molar-refractivity contribution in [1.29, 1.82) is 0 Å². The molecule has 3 rings (SSSR count). The number of nitrogens with zero attached hydrogens (tertiary/aromatic N) is 1. The highest BCUT2D eigenvalue weighted by Gasteiger charge is 2.33. The summed E-state index contributed by atoms with van der Waals surface area (Å²) in [7, 11) is 1.48. The highest BCUT2D eigenvalue weighted by atomic mass is 127. The van der Waals surface area contributed by atoms with E-state index in [4.69, 9.17) is 14.2 Å². The van der Waals surface area contributed by atoms with Gasteiger partial charge in [0.2, 0.25) is 0 Å². The molecule has 1 aliphatic rings. The maximum Gasteiger partial charge on any atom is 0.344 e. The smallest absolute Gasteiger partial charge is 0.344 e. The van der Waals surface area contributed by atoms with Gasteiger partial charge in [0.15, 0.2) is 18.1 Å². The molecular weight excluding hydrogens is 527 g/mol. The van der Waals surface area contributed by atoms with Gasteiger partial charge in [-0.15, -0.1) is 0 Å². The van der Waals surface area contributed by atoms with Gasteiger partial charge in [0.25, 0.3) is 5.91 Å². The second kappa shape index (κ2) is 10.5. The van der Waals surface area contributed by atoms with Crippen LogP contribution >= 0.6 is 22.6 Å². The van der Waals surface area contributed by atoms with Crippen molar-refractivity contribution in [2.45, 2.75) is 20.4 Å². The van der Waals surface area contributed by atoms with Gasteiger partial charge in [-0.1, -0.05) is 29.8 Å². The summed E-state index contributed by atoms with van der Waals surface area (Å²) in [5.41, 5.74) is 2.76. The summed E-state index contributed by atoms with van der Waals surface area (Å²) in [6, 6.07) is 10.6. The summed E-state index contributed by atoms with van der Waals surface area (Å²) in [5, 5.41) is 2.62. The molecule has 1 aliphatic heterocycles. The van der Waals surface area contributed by atoms with Crippen LogP contribution in [0.5, 0.6) is 11.5 Å². The second-order valence-corrected chi connectivity index (χ2v) is 8.16. The average molecular weight is 550 g/mol. The van der Waals surface area contributed by atoms with E-state index in [0.717, 1.165) is 16.0 Å². The SMILES string of the molecule is CCOC(=O)COc1c(I)cc(/C=C2/NC(=O)N(Cc3ccc(C)cc3)C2=O)cc1OC. The van der Waals surface area contributed by atoms with Crippen LogP contribution in [0.15, 0.2) is 42.1 Å². The number of nitrogens with one attached hydrogen (secondary N) is 1. The minimum absolute atomic E-state index is 0.167. The van der Waals surface area contributed by atoms with Crippen LogP contribution in [-0.4, -0.2) is 43.1 Å². The quantitative estimate of drug-likeness (QED) is 0.234. The number of benzene rings is 2. The molecule has 0 atom stereocenters. The van der Waals surface area contributed by atoms with Crippen molar-refractivity contribution < 1.29 is 28.6 Å². The highest BCUT2D eigenvalue weighted by molar-refractivity contribution is 14.1. The van der Waals surface area contributed by atoms with Gasteiger partial charge >= 0.3 is 12.0 Å². The number of hydrogen-bond donors (Lipinski definition) is 1. The van der Waals surface area contributed by atoms with Crippen molar-refractivity contribution in [3.63, 3.8) is 0 Å². The molecule has 0 aliphatic carbocycles. The summed E-state index contributed by atoms with van der Waals surface area (Å²) in [5.74, 6) is -0.107. The largest absolute Gasteiger partial charge is 0.493 e. The predicted molar refractivity (Wildman–Crippen MR) is 126 cm³/mol. The maximum atomic E-state index is 12.8. The molecule has 8 nitrogen and oxygen atoms in total. The van der Waals surface area contributed by atoms with Crippen molar-refractivity contribution in [2.24, 2.45) is 0 Å². The van der Waals surface area contributed by atoms with Crippen LogP contribution in [0.3, 0.4) is 0 Å². The standard InChI is InChI=1S/C23H23IN2O6/c1-4-31-20(27)13-32-21-17(24)9-16(11-19(21)30-3)10-18-22(28)26(23(29)25-18)12-15-7-5-14(2)6-8-15/h5-11H,4,12-13H2,1-3H3,(H,25,29)/b18-10+. The van der Waals surface area contributed by atoms with E-state index in [9.17, 15) is 14.4 Å². The number of carbonyl (C=O) groups is 3. The van der Waals surface area contributed by atoms with Gasteiger partial charge in [-0.05, 0) is 65.8 Å². The molecule has 32 heavy (non-hydrogen) atoms. The Labute approximate surface area is 199 Å². The number of carbonyl (C=O) groups excluding carboxylic acids is 3. The molecule has 0 saturated carbocycles. The number of esters is 1. The molecule has 2 aromatic carbocycles. The molecule has 1 N–H and O–H groups in total. The Hall–Kier alpha value is -3.08. The van der Waals surface area contributed by atoms with Gasteiger partial charge in [-0.25, -0.2) is 9.59 Å². The molecule has 0 bridgehead atoms. The summed E-state index contributed by atoms with van der Waals surface area (Å²) in [6.07, 6.45) is 1.58. The third kappa shape index (κ3) is 5.58. The van der Waals surface area contributed by atoms with Crippen molar-refractivity contribution in [3.8, 4) is 11.5 Å². The number of aryl methyl sites for hydroxylation is 1. The minimum atomic E-state index is -0.482. The first-order valence-corrected chi connectivity index (χ1v) is 11.0. The van der Waals surface area contributed by atoms with Gasteiger partial charge in [0.1, 0.15) is 5.70 Å². The summed E-state index contributed by atoms with van der Waals surface area (Å²) < 4.78 is 16.5. The van der Waals surface area contributed by atoms with E-state index in [1.165, 1.54) is 7.11 Å². The Morgan fingerprint density at radius 2 is 1.91 bits per heavy atom. The fourth-order valence-corrected chi connectivity index (χ4v) is 3.84. The molecule has 0 radical (unpaired) electrons. The lowest BCUT2D eigenvalue weighted by Crippen LogP contribution is -2.30. The molecular formula is C23H23IN2O6. The van der Waals surface area contributed by atoms with Crippen LogP contribution in [0.1, 0.15) is 23.6 Å². The van der Waals surface area contributed by atoms with Crippen molar-refractivity contribution in [1.82, 2.24) is 10.2 Å². The van der Waals surface area contributed by atoms with Gasteiger partial charge in [-0.2, -0.15) is 0 Å². The topological polar surface area (TPSA) is 94.2 Å². The van der Waals surface area contributed by atoms with Gasteiger partial charge in [0.05, 0.1) is 23.8 Å². The molecule has 0 aromatic heterocycles. The lowest BCUT2D eigenvalue weighted by molar-refractivity contribution is -0.145. The molecule has 1 saturated heterocycles. The van der Waals surface area contributed by atoms with Crippen LogP contribution in [0.2, 0.25) is 0 Å². The van der Waals surface area contributed by atoms with Crippen molar-refractivity contribution in [2.75, 3.05) is 20.3 Å². The highest BCUT2D eigenvalue weighted by Crippen LogP contribution is 2.35. The summed E-state index contributed by atoms with van der Waals surface area (Å²) >= 11 is 2.05. The number of ether oxygens (including phenoxy) is 3. The Bertz CT molecular complexity index is 1060. The van der Waals surface area contributed by atoms with Crippen molar-refractivity contribution in [3.05, 3.63) is 62.4 Å². The lowest BCUT2D eigenvalue weighted by Gasteiger charge is -2.13. The fourth-order valence-electron chi connectivity index (χ4n) is 3.05. The van der Waals surface area contributed by atoms with E-state index < -0.39 is 17.9 Å². The third-order valence-electron chi connectivity index (χ3n) is 4.63. The Kier molecular flexibility index (Phi) is 7.73. The second-order valence-electron chi connectivity index (χ2n) is 6.99. The molecule has 0 unspecified atom stereocenters. The van der Waals surface area contributed by atoms with Crippen LogP contribution in [-0.2, 0) is 20.9 Å². The number of imide groups is 1. The van der Waals surface area contributed by atoms with Crippen LogP contribution in [0, 0.1) is 10.5 Å². The molecule has 9 heteroatoms. The number of amides is 3. The number of hydrogen-bond acceptors (Lipinski definition) is 6. The first-order valence-electron chi connectivity index (χ1n) is 9.88. The molecule has 3 amide bonds. The third-order valence-corrected chi connectivity index (χ3v) is 5.43. The van der Waals surface area contributed by atoms with E-state index in [1.807, 2.05) is 31.2 Å². The first-order chi connectivity index (χ1) is 15.3. The number of halogens is 1. The minimum Gasteiger partial charge on any atom is -0.493 e. The van der Waals surface area contributed by atoms with Gasteiger partial charge in [0, 0.05) is 0 Å². The van der Waals surface area contributed by atoms with Gasteiger partial charge in [-0.3, -0.25) is 9.69 Å². The lowest BCUT2D eigenvalue weighted by atomic mass is 10.1. The first kappa shape index (κ1) is 23.6. The molecule has 0 spiro atoms. The van der Waals surface area contributed by atoms with E-state index in [2.05, 4.69) is 27.9 Å². The Morgan fingerprint density at radius 1 is 1.19 bits per heavy atom. The van der Waals surface area contributed by atoms with Crippen molar-refractivity contribution >= 4 is 46.6 Å². The van der Waals surface area contributed by atoms with Crippen LogP contribution < -0.4 is 14.8 Å². The molecule has 2 aromatic rings. The number of rotatable bonds is 8. The maximum absolute atomic E-state index is 12.8. The molecule has 168 valence electrons. The monoisotopic (exact) mass is 550 g/mol. The number of urea groups is 1. The zero-order valence-electron chi connectivity index (χ0n) is 17.9. The van der Waals surface area contributed by atoms with Gasteiger partial charge < -0.3 is 19.5 Å². The average Bonchev–Trinajstić information content (AvgIpc) is 3.01. The van der Waals surface area contributed by atoms with E-state index in [0.29, 0.717) is 20.6 Å². The van der Waals surface area contributed by atoms with E-state index in [-0.39, 0.29) is 25.5 Å². The predicted octanol–water partition coefficient (Wildman–Crippen LogP) is 3.64. The zero-order valence-corrected chi connectivity index (χ0v) is 20.1. The zero-order chi connectivity index (χ0) is 23.3. The Morgan fingerprint density at radius 3 is 2.56 bits per heavy atom. The summed E-state index contributed by atoms with van der Waals surface area (Å²) in [6.45, 7) is 3.90. The molecule has 1 heterocycles. The Balaban J connectivity index is 1.79. The summed E-state index contributed by atoms with van der Waals surface area (Å²) in [4.78, 5) is 37.9. The molecule has 1 fully saturated rings. The van der Waals surface area contributed by atoms with Crippen LogP contribution in [0.4, 0.5) is 4.79 Å². The van der Waals surface area contributed by atoms with Crippen LogP contribution in [0.25, 0.3) is 6.08 Å². The van der Waals surface area contributed by atoms with E-state index in [1.54, 1.807) is 25.1 Å². The fraction of sp³-hybridized carbons (Fsp3) is 0.261. The normalized spacial score (nSPS) is 14.5.